The minimum atomic E-state index is -2.55. The van der Waals surface area contributed by atoms with Gasteiger partial charge in [0.2, 0.25) is 0 Å². The summed E-state index contributed by atoms with van der Waals surface area (Å²) >= 11 is -2.55. The van der Waals surface area contributed by atoms with E-state index in [0.717, 1.165) is 32.1 Å². The Hall–Kier alpha value is -0.0313. The topological polar surface area (TPSA) is 46.5 Å². The van der Waals surface area contributed by atoms with Crippen LogP contribution in [0.15, 0.2) is 9.67 Å². The van der Waals surface area contributed by atoms with Crippen LogP contribution in [0.5, 0.6) is 0 Å². The van der Waals surface area contributed by atoms with Gasteiger partial charge in [-0.05, 0) is 0 Å². The monoisotopic (exact) mass is 568 g/mol. The number of rotatable bonds is 12. The van der Waals surface area contributed by atoms with Crippen molar-refractivity contribution in [2.24, 2.45) is 23.2 Å². The summed E-state index contributed by atoms with van der Waals surface area (Å²) in [5.74, 6) is 0.464. The molecular formula is C29H52O3Sn. The second-order valence-electron chi connectivity index (χ2n) is 11.9. The number of esters is 1. The Kier molecular flexibility index (Phi) is 9.85. The third-order valence-electron chi connectivity index (χ3n) is 9.67. The molecule has 0 amide bonds. The zero-order valence-electron chi connectivity index (χ0n) is 22.4. The van der Waals surface area contributed by atoms with Crippen molar-refractivity contribution >= 4 is 24.3 Å². The van der Waals surface area contributed by atoms with Crippen molar-refractivity contribution in [2.45, 2.75) is 131 Å². The second-order valence-corrected chi connectivity index (χ2v) is 24.8. The summed E-state index contributed by atoms with van der Waals surface area (Å²) in [6.07, 6.45) is 14.1. The fraction of sp³-hybridized carbons (Fsp3) is 0.897. The molecule has 0 aromatic heterocycles. The molecule has 0 heterocycles. The van der Waals surface area contributed by atoms with Crippen LogP contribution in [0.1, 0.15) is 112 Å². The molecule has 4 heteroatoms. The van der Waals surface area contributed by atoms with Gasteiger partial charge in [0.15, 0.2) is 0 Å². The van der Waals surface area contributed by atoms with Gasteiger partial charge in [0.25, 0.3) is 0 Å². The van der Waals surface area contributed by atoms with Crippen molar-refractivity contribution in [3.63, 3.8) is 0 Å². The first kappa shape index (κ1) is 27.6. The summed E-state index contributed by atoms with van der Waals surface area (Å²) in [5, 5.41) is 12.1. The van der Waals surface area contributed by atoms with E-state index in [1.165, 1.54) is 63.8 Å². The van der Waals surface area contributed by atoms with Gasteiger partial charge in [0.1, 0.15) is 0 Å². The van der Waals surface area contributed by atoms with Gasteiger partial charge >= 0.3 is 209 Å². The standard InChI is InChI=1S/C17H25O3.3C4H9.Sn/c1-4-20-15(18)13-11(2)9-16-7-5-6-8-17(16,19)10-12(3)14(13)16;3*1-3-4-2;/h3,11,13-14,19H,4-10H2,1-2H3;3*1,3-4H2,2H3;/t11?,13?,14?,16-,17+;;;;/m0..../s1. The molecule has 5 atom stereocenters. The first-order valence-corrected chi connectivity index (χ1v) is 22.1. The number of hydrogen-bond donors (Lipinski definition) is 1. The van der Waals surface area contributed by atoms with E-state index in [2.05, 4.69) is 31.8 Å². The van der Waals surface area contributed by atoms with Gasteiger partial charge in [-0.15, -0.1) is 0 Å². The third kappa shape index (κ3) is 5.39. The van der Waals surface area contributed by atoms with Crippen molar-refractivity contribution < 1.29 is 14.6 Å². The quantitative estimate of drug-likeness (QED) is 0.193. The fourth-order valence-corrected chi connectivity index (χ4v) is 23.7. The first-order valence-electron chi connectivity index (χ1n) is 14.4. The van der Waals surface area contributed by atoms with E-state index in [1.807, 2.05) is 6.92 Å². The third-order valence-corrected chi connectivity index (χ3v) is 24.0. The van der Waals surface area contributed by atoms with E-state index in [1.54, 1.807) is 0 Å². The van der Waals surface area contributed by atoms with Crippen molar-refractivity contribution in [2.75, 3.05) is 6.61 Å². The maximum absolute atomic E-state index is 13.3. The molecule has 0 aliphatic heterocycles. The van der Waals surface area contributed by atoms with Gasteiger partial charge in [0, 0.05) is 0 Å². The van der Waals surface area contributed by atoms with E-state index >= 15 is 0 Å². The Morgan fingerprint density at radius 3 is 2.15 bits per heavy atom. The number of aliphatic hydroxyl groups is 1. The predicted octanol–water partition coefficient (Wildman–Crippen LogP) is 7.83. The number of ether oxygens (including phenoxy) is 1. The van der Waals surface area contributed by atoms with Gasteiger partial charge in [-0.25, -0.2) is 0 Å². The van der Waals surface area contributed by atoms with Crippen LogP contribution in [0.4, 0.5) is 0 Å². The van der Waals surface area contributed by atoms with E-state index in [-0.39, 0.29) is 23.2 Å². The van der Waals surface area contributed by atoms with Crippen LogP contribution in [0.25, 0.3) is 0 Å². The number of carbonyl (C=O) groups excluding carboxylic acids is 1. The predicted molar refractivity (Wildman–Crippen MR) is 141 cm³/mol. The Morgan fingerprint density at radius 2 is 1.61 bits per heavy atom. The SMILES string of the molecule is CCC[CH2][Sn](/[CH]=C1\C[C@]2(O)CCCC[C@@]23CC(C)C(C(=O)OCC)C13)([CH2]CCC)[CH2]CCC. The minimum absolute atomic E-state index is 0.00377. The molecule has 0 bridgehead atoms. The van der Waals surface area contributed by atoms with E-state index in [4.69, 9.17) is 4.74 Å². The molecule has 0 saturated heterocycles. The van der Waals surface area contributed by atoms with Crippen LogP contribution in [0.3, 0.4) is 0 Å². The fourth-order valence-electron chi connectivity index (χ4n) is 8.19. The van der Waals surface area contributed by atoms with Crippen LogP contribution in [-0.2, 0) is 9.53 Å². The Bertz CT molecular complexity index is 667. The van der Waals surface area contributed by atoms with E-state index < -0.39 is 24.0 Å². The molecule has 33 heavy (non-hydrogen) atoms. The molecule has 0 radical (unpaired) electrons. The second kappa shape index (κ2) is 11.8. The molecule has 3 fully saturated rings. The normalized spacial score (nSPS) is 35.0. The Morgan fingerprint density at radius 1 is 1.03 bits per heavy atom. The molecule has 1 spiro atoms. The molecule has 0 aromatic rings. The van der Waals surface area contributed by atoms with Crippen LogP contribution >= 0.6 is 0 Å². The molecule has 3 unspecified atom stereocenters. The van der Waals surface area contributed by atoms with Gasteiger partial charge in [-0.1, -0.05) is 0 Å². The van der Waals surface area contributed by atoms with Crippen molar-refractivity contribution in [3.05, 3.63) is 9.67 Å². The van der Waals surface area contributed by atoms with Crippen LogP contribution in [-0.4, -0.2) is 41.7 Å². The summed E-state index contributed by atoms with van der Waals surface area (Å²) < 4.78 is 12.9. The number of hydrogen-bond acceptors (Lipinski definition) is 3. The van der Waals surface area contributed by atoms with E-state index in [9.17, 15) is 9.90 Å². The van der Waals surface area contributed by atoms with Crippen molar-refractivity contribution in [1.29, 1.82) is 0 Å². The Balaban J connectivity index is 2.09. The first-order chi connectivity index (χ1) is 15.8. The zero-order chi connectivity index (χ0) is 24.1. The summed E-state index contributed by atoms with van der Waals surface area (Å²) in [7, 11) is 0. The van der Waals surface area contributed by atoms with Gasteiger partial charge < -0.3 is 0 Å². The molecule has 1 N–H and O–H groups in total. The van der Waals surface area contributed by atoms with E-state index in [0.29, 0.717) is 12.5 Å². The number of carbonyl (C=O) groups is 1. The molecule has 3 saturated carbocycles. The molecule has 3 rings (SSSR count). The molecule has 0 aromatic carbocycles. The molecule has 190 valence electrons. The average Bonchev–Trinajstić information content (AvgIpc) is 3.22. The maximum atomic E-state index is 13.3. The summed E-state index contributed by atoms with van der Waals surface area (Å²) in [6, 6.07) is 0. The molecule has 3 aliphatic rings. The summed E-state index contributed by atoms with van der Waals surface area (Å²) in [4.78, 5) is 13.3. The van der Waals surface area contributed by atoms with Crippen molar-refractivity contribution in [3.8, 4) is 0 Å². The van der Waals surface area contributed by atoms with Crippen molar-refractivity contribution in [1.82, 2.24) is 0 Å². The molecule has 3 nitrogen and oxygen atoms in total. The number of unbranched alkanes of at least 4 members (excludes halogenated alkanes) is 3. The molecule has 3 aliphatic carbocycles. The summed E-state index contributed by atoms with van der Waals surface area (Å²) in [5.41, 5.74) is 0.821. The van der Waals surface area contributed by atoms with Crippen LogP contribution in [0, 0.1) is 23.2 Å². The van der Waals surface area contributed by atoms with Gasteiger partial charge in [0.05, 0.1) is 0 Å². The molecular weight excluding hydrogens is 515 g/mol. The average molecular weight is 567 g/mol. The zero-order valence-corrected chi connectivity index (χ0v) is 25.2. The van der Waals surface area contributed by atoms with Crippen LogP contribution < -0.4 is 0 Å². The van der Waals surface area contributed by atoms with Gasteiger partial charge in [-0.3, -0.25) is 0 Å². The summed E-state index contributed by atoms with van der Waals surface area (Å²) in [6.45, 7) is 11.6. The van der Waals surface area contributed by atoms with Gasteiger partial charge in [-0.2, -0.15) is 0 Å². The van der Waals surface area contributed by atoms with Crippen LogP contribution in [0.2, 0.25) is 13.3 Å². The Labute approximate surface area is 208 Å².